The summed E-state index contributed by atoms with van der Waals surface area (Å²) >= 11 is 0. The van der Waals surface area contributed by atoms with Crippen LogP contribution in [-0.4, -0.2) is 10.7 Å². The van der Waals surface area contributed by atoms with Gasteiger partial charge in [0.15, 0.2) is 0 Å². The van der Waals surface area contributed by atoms with Crippen LogP contribution in [0.2, 0.25) is 0 Å². The number of nitrogens with zero attached hydrogens (tertiary/aromatic N) is 1. The Morgan fingerprint density at radius 3 is 1.69 bits per heavy atom. The largest absolute Gasteiger partial charge is 0.443 e. The highest BCUT2D eigenvalue weighted by Gasteiger charge is 2.18. The van der Waals surface area contributed by atoms with E-state index >= 15 is 0 Å². The standard InChI is InChI=1S/C9H18NO2S/c1-8(2,3)7(11)10-13(12)9(4,5)6/h1-6H3/q-1. The van der Waals surface area contributed by atoms with Gasteiger partial charge in [-0.15, -0.1) is 0 Å². The van der Waals surface area contributed by atoms with Gasteiger partial charge in [0.05, 0.1) is 0 Å². The summed E-state index contributed by atoms with van der Waals surface area (Å²) in [5.41, 5.74) is -0.541. The fourth-order valence-corrected chi connectivity index (χ4v) is 1.05. The Hall–Kier alpha value is -0.380. The molecule has 0 spiro atoms. The van der Waals surface area contributed by atoms with Gasteiger partial charge in [0.1, 0.15) is 0 Å². The highest BCUT2D eigenvalue weighted by Crippen LogP contribution is 2.17. The minimum absolute atomic E-state index is 0.305. The van der Waals surface area contributed by atoms with Crippen LogP contribution < -0.4 is 0 Å². The van der Waals surface area contributed by atoms with Crippen LogP contribution in [0.5, 0.6) is 0 Å². The third-order valence-corrected chi connectivity index (χ3v) is 2.71. The first-order chi connectivity index (χ1) is 5.55. The molecule has 0 heterocycles. The number of carbonyl (C=O) groups excluding carboxylic acids is 1. The number of hydrogen-bond acceptors (Lipinski definition) is 3. The van der Waals surface area contributed by atoms with E-state index in [2.05, 4.69) is 4.36 Å². The van der Waals surface area contributed by atoms with E-state index in [-0.39, 0.29) is 5.91 Å². The highest BCUT2D eigenvalue weighted by atomic mass is 32.2. The maximum atomic E-state index is 11.4. The van der Waals surface area contributed by atoms with E-state index in [0.29, 0.717) is 0 Å². The molecule has 0 aromatic rings. The van der Waals surface area contributed by atoms with Gasteiger partial charge >= 0.3 is 0 Å². The summed E-state index contributed by atoms with van der Waals surface area (Å²) in [5.74, 6) is -0.305. The van der Waals surface area contributed by atoms with Gasteiger partial charge < -0.3 is 8.57 Å². The van der Waals surface area contributed by atoms with Crippen LogP contribution >= 0.6 is 0 Å². The van der Waals surface area contributed by atoms with Crippen molar-refractivity contribution in [3.63, 3.8) is 0 Å². The van der Waals surface area contributed by atoms with Crippen molar-refractivity contribution in [2.75, 3.05) is 0 Å². The van der Waals surface area contributed by atoms with Crippen molar-refractivity contribution in [1.82, 2.24) is 0 Å². The molecule has 4 heteroatoms. The zero-order valence-corrected chi connectivity index (χ0v) is 9.99. The molecule has 0 aromatic carbocycles. The van der Waals surface area contributed by atoms with Gasteiger partial charge in [-0.3, -0.25) is 4.79 Å². The summed E-state index contributed by atoms with van der Waals surface area (Å²) in [6.45, 7) is 10.7. The molecule has 3 nitrogen and oxygen atoms in total. The van der Waals surface area contributed by atoms with Crippen molar-refractivity contribution in [3.8, 4) is 0 Å². The molecule has 0 aliphatic heterocycles. The molecule has 78 valence electrons. The molecule has 0 bridgehead atoms. The minimum atomic E-state index is -1.44. The smallest absolute Gasteiger partial charge is 0.228 e. The van der Waals surface area contributed by atoms with Crippen molar-refractivity contribution in [2.45, 2.75) is 46.3 Å². The molecule has 0 aliphatic carbocycles. The topological polar surface area (TPSA) is 46.5 Å². The Morgan fingerprint density at radius 1 is 1.08 bits per heavy atom. The second-order valence-electron chi connectivity index (χ2n) is 5.01. The minimum Gasteiger partial charge on any atom is -0.443 e. The van der Waals surface area contributed by atoms with E-state index in [9.17, 15) is 9.00 Å². The average molecular weight is 204 g/mol. The monoisotopic (exact) mass is 204 g/mol. The molecule has 0 aromatic heterocycles. The number of rotatable bonds is 0. The zero-order valence-electron chi connectivity index (χ0n) is 9.17. The van der Waals surface area contributed by atoms with Crippen LogP contribution in [0.25, 0.3) is 0 Å². The Balaban J connectivity index is 4.81. The summed E-state index contributed by atoms with van der Waals surface area (Å²) in [7, 11) is -1.44. The van der Waals surface area contributed by atoms with Gasteiger partial charge in [0.25, 0.3) is 0 Å². The SMILES string of the molecule is CC(C)(C)C(=O)N=[S-](=O)C(C)(C)C. The molecule has 0 atom stereocenters. The van der Waals surface area contributed by atoms with Crippen molar-refractivity contribution in [2.24, 2.45) is 9.78 Å². The predicted molar refractivity (Wildman–Crippen MR) is 54.7 cm³/mol. The molecule has 13 heavy (non-hydrogen) atoms. The van der Waals surface area contributed by atoms with Crippen molar-refractivity contribution in [1.29, 1.82) is 0 Å². The molecule has 0 radical (unpaired) electrons. The summed E-state index contributed by atoms with van der Waals surface area (Å²) in [5, 5.41) is 0. The molecule has 0 rings (SSSR count). The number of hydrogen-bond donors (Lipinski definition) is 0. The molecule has 1 amide bonds. The van der Waals surface area contributed by atoms with Crippen LogP contribution in [0.3, 0.4) is 0 Å². The fourth-order valence-electron chi connectivity index (χ4n) is 0.349. The Morgan fingerprint density at radius 2 is 1.46 bits per heavy atom. The maximum absolute atomic E-state index is 11.4. The van der Waals surface area contributed by atoms with Gasteiger partial charge in [-0.1, -0.05) is 46.3 Å². The van der Waals surface area contributed by atoms with Crippen LogP contribution in [0.1, 0.15) is 41.5 Å². The molecular formula is C9H18NO2S-. The van der Waals surface area contributed by atoms with E-state index in [0.717, 1.165) is 0 Å². The lowest BCUT2D eigenvalue weighted by atomic mass is 9.96. The van der Waals surface area contributed by atoms with E-state index < -0.39 is 20.8 Å². The van der Waals surface area contributed by atoms with E-state index in [1.54, 1.807) is 41.5 Å². The predicted octanol–water partition coefficient (Wildman–Crippen LogP) is 2.51. The summed E-state index contributed by atoms with van der Waals surface area (Å²) in [4.78, 5) is 11.4. The van der Waals surface area contributed by atoms with Gasteiger partial charge in [0, 0.05) is 5.41 Å². The van der Waals surface area contributed by atoms with Crippen LogP contribution in [0, 0.1) is 5.41 Å². The van der Waals surface area contributed by atoms with Crippen LogP contribution in [0.15, 0.2) is 4.36 Å². The lowest BCUT2D eigenvalue weighted by Crippen LogP contribution is -2.21. The average Bonchev–Trinajstić information content (AvgIpc) is 1.82. The Kier molecular flexibility index (Phi) is 3.67. The summed E-state index contributed by atoms with van der Waals surface area (Å²) in [6, 6.07) is 0. The summed E-state index contributed by atoms with van der Waals surface area (Å²) in [6.07, 6.45) is 0. The molecule has 0 fully saturated rings. The number of carbonyl (C=O) groups is 1. The van der Waals surface area contributed by atoms with Crippen molar-refractivity contribution in [3.05, 3.63) is 0 Å². The first-order valence-electron chi connectivity index (χ1n) is 4.23. The maximum Gasteiger partial charge on any atom is 0.228 e. The van der Waals surface area contributed by atoms with E-state index in [1.807, 2.05) is 0 Å². The molecule has 0 N–H and O–H groups in total. The fraction of sp³-hybridized carbons (Fsp3) is 0.889. The first-order valence-corrected chi connectivity index (χ1v) is 5.34. The highest BCUT2D eigenvalue weighted by molar-refractivity contribution is 7.76. The molecule has 0 saturated carbocycles. The summed E-state index contributed by atoms with van der Waals surface area (Å²) < 4.78 is 14.6. The van der Waals surface area contributed by atoms with Crippen molar-refractivity contribution >= 4 is 16.5 Å². The van der Waals surface area contributed by atoms with Gasteiger partial charge in [0.2, 0.25) is 5.91 Å². The van der Waals surface area contributed by atoms with Crippen molar-refractivity contribution < 1.29 is 9.00 Å². The molecule has 0 unspecified atom stereocenters. The van der Waals surface area contributed by atoms with Crippen LogP contribution in [0.4, 0.5) is 0 Å². The van der Waals surface area contributed by atoms with E-state index in [1.165, 1.54) is 0 Å². The quantitative estimate of drug-likeness (QED) is 0.569. The molecule has 0 saturated heterocycles. The Bertz CT molecular complexity index is 275. The second-order valence-corrected chi connectivity index (χ2v) is 6.91. The Labute approximate surface area is 82.1 Å². The number of amides is 1. The third-order valence-electron chi connectivity index (χ3n) is 1.33. The normalized spacial score (nSPS) is 15.8. The molecule has 0 aliphatic rings. The van der Waals surface area contributed by atoms with E-state index in [4.69, 9.17) is 0 Å². The second kappa shape index (κ2) is 3.78. The van der Waals surface area contributed by atoms with Crippen LogP contribution in [-0.2, 0) is 19.6 Å². The third kappa shape index (κ3) is 4.41. The lowest BCUT2D eigenvalue weighted by Gasteiger charge is -2.24. The van der Waals surface area contributed by atoms with Gasteiger partial charge in [-0.05, 0) is 0 Å². The lowest BCUT2D eigenvalue weighted by molar-refractivity contribution is -0.124. The van der Waals surface area contributed by atoms with Gasteiger partial charge in [-0.2, -0.15) is 10.6 Å². The molecular weight excluding hydrogens is 186 g/mol. The first kappa shape index (κ1) is 12.6. The van der Waals surface area contributed by atoms with Gasteiger partial charge in [-0.25, -0.2) is 0 Å². The zero-order chi connectivity index (χ0) is 10.9.